The Labute approximate surface area is 104 Å². The second-order valence-corrected chi connectivity index (χ2v) is 3.87. The summed E-state index contributed by atoms with van der Waals surface area (Å²) in [5.41, 5.74) is 5.69. The molecule has 0 amide bonds. The van der Waals surface area contributed by atoms with Gasteiger partial charge in [0.05, 0.1) is 13.7 Å². The van der Waals surface area contributed by atoms with Crippen molar-refractivity contribution in [3.63, 3.8) is 0 Å². The van der Waals surface area contributed by atoms with Crippen LogP contribution in [0.2, 0.25) is 0 Å². The van der Waals surface area contributed by atoms with E-state index in [-0.39, 0.29) is 13.1 Å². The van der Waals surface area contributed by atoms with Crippen LogP contribution in [0.3, 0.4) is 0 Å². The van der Waals surface area contributed by atoms with Crippen molar-refractivity contribution >= 4 is 0 Å². The lowest BCUT2D eigenvalue weighted by atomic mass is 10.2. The van der Waals surface area contributed by atoms with Gasteiger partial charge in [-0.2, -0.15) is 0 Å². The van der Waals surface area contributed by atoms with Crippen molar-refractivity contribution in [1.29, 1.82) is 0 Å². The molecule has 0 aliphatic heterocycles. The summed E-state index contributed by atoms with van der Waals surface area (Å²) in [4.78, 5) is 1.43. The Balaban J connectivity index is 2.73. The first-order chi connectivity index (χ1) is 8.56. The summed E-state index contributed by atoms with van der Waals surface area (Å²) in [5.74, 6) is -0.0684. The van der Waals surface area contributed by atoms with Crippen LogP contribution < -0.4 is 10.5 Å². The molecule has 6 heteroatoms. The van der Waals surface area contributed by atoms with E-state index in [0.29, 0.717) is 17.9 Å². The molecule has 0 aromatic heterocycles. The largest absolute Gasteiger partial charge is 0.497 e. The Morgan fingerprint density at radius 1 is 1.39 bits per heavy atom. The molecule has 0 radical (unpaired) electrons. The predicted octanol–water partition coefficient (Wildman–Crippen LogP) is 1.86. The molecule has 0 atom stereocenters. The molecule has 0 fully saturated rings. The summed E-state index contributed by atoms with van der Waals surface area (Å²) < 4.78 is 43.2. The summed E-state index contributed by atoms with van der Waals surface area (Å²) >= 11 is 0. The van der Waals surface area contributed by atoms with Gasteiger partial charge in [-0.1, -0.05) is 6.07 Å². The van der Waals surface area contributed by atoms with E-state index >= 15 is 0 Å². The standard InChI is InChI=1S/C12H17F3N2O/c1-18-10-3-2-9(11(13)6-10)7-17(5-4-16)8-12(14)15/h2-3,6,12H,4-5,7-8,16H2,1H3. The van der Waals surface area contributed by atoms with Crippen LogP contribution >= 0.6 is 0 Å². The molecule has 0 spiro atoms. The van der Waals surface area contributed by atoms with Gasteiger partial charge in [0, 0.05) is 31.3 Å². The van der Waals surface area contributed by atoms with Crippen LogP contribution in [0.15, 0.2) is 18.2 Å². The van der Waals surface area contributed by atoms with E-state index in [9.17, 15) is 13.2 Å². The molecule has 0 saturated heterocycles. The smallest absolute Gasteiger partial charge is 0.251 e. The number of ether oxygens (including phenoxy) is 1. The van der Waals surface area contributed by atoms with E-state index in [1.54, 1.807) is 6.07 Å². The van der Waals surface area contributed by atoms with Crippen LogP contribution in [0.5, 0.6) is 5.75 Å². The zero-order valence-corrected chi connectivity index (χ0v) is 10.2. The SMILES string of the molecule is COc1ccc(CN(CCN)CC(F)F)c(F)c1. The number of hydrogen-bond donors (Lipinski definition) is 1. The lowest BCUT2D eigenvalue weighted by Gasteiger charge is -2.21. The fraction of sp³-hybridized carbons (Fsp3) is 0.500. The minimum absolute atomic E-state index is 0.108. The van der Waals surface area contributed by atoms with Crippen molar-refractivity contribution in [2.24, 2.45) is 5.73 Å². The van der Waals surface area contributed by atoms with Gasteiger partial charge in [-0.25, -0.2) is 13.2 Å². The fourth-order valence-corrected chi connectivity index (χ4v) is 1.64. The number of methoxy groups -OCH3 is 1. The lowest BCUT2D eigenvalue weighted by molar-refractivity contribution is 0.0857. The highest BCUT2D eigenvalue weighted by Crippen LogP contribution is 2.18. The van der Waals surface area contributed by atoms with E-state index < -0.39 is 18.8 Å². The van der Waals surface area contributed by atoms with Gasteiger partial charge < -0.3 is 10.5 Å². The van der Waals surface area contributed by atoms with Gasteiger partial charge in [0.25, 0.3) is 6.43 Å². The van der Waals surface area contributed by atoms with Gasteiger partial charge in [-0.05, 0) is 6.07 Å². The van der Waals surface area contributed by atoms with Crippen molar-refractivity contribution in [3.05, 3.63) is 29.6 Å². The Kier molecular flexibility index (Phi) is 5.94. The van der Waals surface area contributed by atoms with Crippen molar-refractivity contribution in [3.8, 4) is 5.75 Å². The number of benzene rings is 1. The third-order valence-electron chi connectivity index (χ3n) is 2.50. The molecule has 102 valence electrons. The molecule has 0 heterocycles. The van der Waals surface area contributed by atoms with E-state index in [1.165, 1.54) is 24.1 Å². The van der Waals surface area contributed by atoms with Crippen LogP contribution in [0.1, 0.15) is 5.56 Å². The Morgan fingerprint density at radius 3 is 2.61 bits per heavy atom. The molecule has 0 bridgehead atoms. The third-order valence-corrected chi connectivity index (χ3v) is 2.50. The number of hydrogen-bond acceptors (Lipinski definition) is 3. The molecule has 18 heavy (non-hydrogen) atoms. The second-order valence-electron chi connectivity index (χ2n) is 3.87. The average molecular weight is 262 g/mol. The summed E-state index contributed by atoms with van der Waals surface area (Å²) in [6, 6.07) is 4.36. The summed E-state index contributed by atoms with van der Waals surface area (Å²) in [6.07, 6.45) is -2.46. The molecule has 1 aromatic carbocycles. The Morgan fingerprint density at radius 2 is 2.11 bits per heavy atom. The van der Waals surface area contributed by atoms with Gasteiger partial charge in [-0.3, -0.25) is 4.90 Å². The van der Waals surface area contributed by atoms with Gasteiger partial charge in [-0.15, -0.1) is 0 Å². The van der Waals surface area contributed by atoms with Crippen molar-refractivity contribution in [1.82, 2.24) is 4.90 Å². The van der Waals surface area contributed by atoms with Crippen molar-refractivity contribution in [2.45, 2.75) is 13.0 Å². The van der Waals surface area contributed by atoms with E-state index in [1.807, 2.05) is 0 Å². The van der Waals surface area contributed by atoms with E-state index in [2.05, 4.69) is 0 Å². The maximum atomic E-state index is 13.6. The number of rotatable bonds is 7. The van der Waals surface area contributed by atoms with E-state index in [0.717, 1.165) is 0 Å². The first kappa shape index (κ1) is 14.8. The molecular weight excluding hydrogens is 245 g/mol. The molecule has 0 aliphatic carbocycles. The first-order valence-corrected chi connectivity index (χ1v) is 5.59. The highest BCUT2D eigenvalue weighted by Gasteiger charge is 2.14. The maximum Gasteiger partial charge on any atom is 0.251 e. The highest BCUT2D eigenvalue weighted by molar-refractivity contribution is 5.28. The summed E-state index contributed by atoms with van der Waals surface area (Å²) in [6.45, 7) is 0.250. The summed E-state index contributed by atoms with van der Waals surface area (Å²) in [7, 11) is 1.44. The molecule has 0 aliphatic rings. The monoisotopic (exact) mass is 262 g/mol. The number of nitrogens with two attached hydrogens (primary N) is 1. The van der Waals surface area contributed by atoms with E-state index in [4.69, 9.17) is 10.5 Å². The quantitative estimate of drug-likeness (QED) is 0.815. The topological polar surface area (TPSA) is 38.5 Å². The number of nitrogens with zero attached hydrogens (tertiary/aromatic N) is 1. The van der Waals surface area contributed by atoms with Crippen LogP contribution in [-0.2, 0) is 6.54 Å². The van der Waals surface area contributed by atoms with Crippen molar-refractivity contribution < 1.29 is 17.9 Å². The Bertz CT molecular complexity index is 374. The predicted molar refractivity (Wildman–Crippen MR) is 63.3 cm³/mol. The number of alkyl halides is 2. The lowest BCUT2D eigenvalue weighted by Crippen LogP contribution is -2.33. The van der Waals surface area contributed by atoms with Gasteiger partial charge >= 0.3 is 0 Å². The minimum atomic E-state index is -2.46. The molecule has 0 saturated carbocycles. The normalized spacial score (nSPS) is 11.3. The molecule has 1 aromatic rings. The fourth-order valence-electron chi connectivity index (χ4n) is 1.64. The molecule has 0 unspecified atom stereocenters. The zero-order chi connectivity index (χ0) is 13.5. The van der Waals surface area contributed by atoms with Gasteiger partial charge in [0.1, 0.15) is 11.6 Å². The van der Waals surface area contributed by atoms with Crippen molar-refractivity contribution in [2.75, 3.05) is 26.7 Å². The van der Waals surface area contributed by atoms with Gasteiger partial charge in [0.2, 0.25) is 0 Å². The highest BCUT2D eigenvalue weighted by atomic mass is 19.3. The first-order valence-electron chi connectivity index (χ1n) is 5.59. The van der Waals surface area contributed by atoms with Crippen LogP contribution in [-0.4, -0.2) is 38.1 Å². The van der Waals surface area contributed by atoms with Crippen LogP contribution in [0.25, 0.3) is 0 Å². The Hall–Kier alpha value is -1.27. The van der Waals surface area contributed by atoms with Gasteiger partial charge in [0.15, 0.2) is 0 Å². The zero-order valence-electron chi connectivity index (χ0n) is 10.2. The summed E-state index contributed by atoms with van der Waals surface area (Å²) in [5, 5.41) is 0. The second kappa shape index (κ2) is 7.23. The third kappa shape index (κ3) is 4.54. The minimum Gasteiger partial charge on any atom is -0.497 e. The van der Waals surface area contributed by atoms with Crippen LogP contribution in [0.4, 0.5) is 13.2 Å². The number of halogens is 3. The average Bonchev–Trinajstić information content (AvgIpc) is 2.31. The van der Waals surface area contributed by atoms with Crippen LogP contribution in [0, 0.1) is 5.82 Å². The molecule has 2 N–H and O–H groups in total. The molecule has 1 rings (SSSR count). The maximum absolute atomic E-state index is 13.6. The molecular formula is C12H17F3N2O. The molecule has 3 nitrogen and oxygen atoms in total.